The highest BCUT2D eigenvalue weighted by Crippen LogP contribution is 2.38. The molecule has 3 atom stereocenters. The molecule has 0 saturated carbocycles. The highest BCUT2D eigenvalue weighted by atomic mass is 31.2. The normalized spacial score (nSPS) is 14.2. The fourth-order valence-electron chi connectivity index (χ4n) is 8.84. The molecule has 0 aromatic carbocycles. The summed E-state index contributed by atoms with van der Waals surface area (Å²) in [6.07, 6.45) is 70.0. The van der Waals surface area contributed by atoms with Crippen LogP contribution in [0.4, 0.5) is 0 Å². The molecule has 10 heteroatoms. The van der Waals surface area contributed by atoms with E-state index in [1.807, 2.05) is 33.3 Å². The van der Waals surface area contributed by atoms with E-state index in [0.717, 1.165) is 103 Å². The van der Waals surface area contributed by atoms with Gasteiger partial charge in [0, 0.05) is 12.8 Å². The minimum absolute atomic E-state index is 0.0276. The van der Waals surface area contributed by atoms with Crippen molar-refractivity contribution in [2.24, 2.45) is 0 Å². The number of nitrogens with one attached hydrogen (secondary N) is 1. The van der Waals surface area contributed by atoms with Crippen LogP contribution >= 0.6 is 7.82 Å². The van der Waals surface area contributed by atoms with Gasteiger partial charge in [-0.15, -0.1) is 0 Å². The Morgan fingerprint density at radius 3 is 1.28 bits per heavy atom. The van der Waals surface area contributed by atoms with Crippen LogP contribution in [-0.2, 0) is 27.9 Å². The molecule has 0 aliphatic rings. The quantitative estimate of drug-likeness (QED) is 0.0212. The Labute approximate surface area is 463 Å². The number of hydrogen-bond acceptors (Lipinski definition) is 7. The molecule has 0 aliphatic heterocycles. The van der Waals surface area contributed by atoms with Gasteiger partial charge in [-0.1, -0.05) is 261 Å². The number of amides is 1. The Morgan fingerprint density at radius 1 is 0.480 bits per heavy atom. The molecule has 0 heterocycles. The summed E-state index contributed by atoms with van der Waals surface area (Å²) in [5.74, 6) is -0.557. The summed E-state index contributed by atoms with van der Waals surface area (Å²) in [6, 6.07) is -0.899. The van der Waals surface area contributed by atoms with Crippen molar-refractivity contribution in [2.45, 2.75) is 290 Å². The molecule has 436 valence electrons. The van der Waals surface area contributed by atoms with Gasteiger partial charge >= 0.3 is 5.97 Å². The zero-order chi connectivity index (χ0) is 55.0. The molecule has 1 amide bonds. The number of esters is 1. The summed E-state index contributed by atoms with van der Waals surface area (Å²) in [7, 11) is 1.17. The summed E-state index contributed by atoms with van der Waals surface area (Å²) < 4.78 is 30.3. The van der Waals surface area contributed by atoms with Crippen molar-refractivity contribution in [1.29, 1.82) is 0 Å². The van der Waals surface area contributed by atoms with Crippen molar-refractivity contribution < 1.29 is 37.3 Å². The summed E-state index contributed by atoms with van der Waals surface area (Å²) in [5, 5.41) is 3.02. The number of unbranched alkanes of at least 4 members (excludes halogenated alkanes) is 30. The molecule has 0 rings (SSSR count). The lowest BCUT2D eigenvalue weighted by Crippen LogP contribution is -2.47. The van der Waals surface area contributed by atoms with Crippen LogP contribution in [0.5, 0.6) is 0 Å². The predicted molar refractivity (Wildman–Crippen MR) is 321 cm³/mol. The second-order valence-corrected chi connectivity index (χ2v) is 23.6. The minimum Gasteiger partial charge on any atom is -0.756 e. The topological polar surface area (TPSA) is 114 Å². The lowest BCUT2D eigenvalue weighted by Gasteiger charge is -2.30. The average Bonchev–Trinajstić information content (AvgIpc) is 3.37. The zero-order valence-electron chi connectivity index (χ0n) is 49.7. The Balaban J connectivity index is 5.30. The van der Waals surface area contributed by atoms with Crippen LogP contribution in [0.1, 0.15) is 278 Å². The molecular formula is C65H119N2O7P. The lowest BCUT2D eigenvalue weighted by molar-refractivity contribution is -0.870. The van der Waals surface area contributed by atoms with Gasteiger partial charge in [0.15, 0.2) is 0 Å². The van der Waals surface area contributed by atoms with Gasteiger partial charge in [0.25, 0.3) is 7.82 Å². The van der Waals surface area contributed by atoms with Gasteiger partial charge in [0.2, 0.25) is 5.91 Å². The van der Waals surface area contributed by atoms with Crippen molar-refractivity contribution in [2.75, 3.05) is 40.9 Å². The van der Waals surface area contributed by atoms with Gasteiger partial charge in [-0.05, 0) is 76.7 Å². The molecule has 75 heavy (non-hydrogen) atoms. The van der Waals surface area contributed by atoms with Gasteiger partial charge < -0.3 is 28.5 Å². The number of rotatable bonds is 56. The van der Waals surface area contributed by atoms with Crippen LogP contribution < -0.4 is 10.2 Å². The number of carbonyl (C=O) groups excluding carboxylic acids is 2. The van der Waals surface area contributed by atoms with E-state index in [1.165, 1.54) is 135 Å². The Bertz CT molecular complexity index is 1510. The number of hydrogen-bond donors (Lipinski definition) is 1. The monoisotopic (exact) mass is 1070 g/mol. The van der Waals surface area contributed by atoms with Crippen molar-refractivity contribution in [1.82, 2.24) is 5.32 Å². The van der Waals surface area contributed by atoms with Crippen LogP contribution in [0.2, 0.25) is 0 Å². The fourth-order valence-corrected chi connectivity index (χ4v) is 9.57. The molecule has 0 spiro atoms. The SMILES string of the molecule is CC/C=C\C/C=C\C/C=C\C/C=C\C/C=C\CCCCCCCC(=O)NC(COP(=O)([O-])OCC[N+](C)(C)C)C(/C=C\CCCCCCCCCCCCC)OC(=O)CCCCCCCCCCCCCCCCC. The number of allylic oxidation sites excluding steroid dienone is 11. The van der Waals surface area contributed by atoms with Crippen molar-refractivity contribution >= 4 is 19.7 Å². The molecule has 1 N–H and O–H groups in total. The zero-order valence-corrected chi connectivity index (χ0v) is 50.6. The van der Waals surface area contributed by atoms with Gasteiger partial charge in [0.05, 0.1) is 33.8 Å². The van der Waals surface area contributed by atoms with E-state index >= 15 is 0 Å². The molecule has 9 nitrogen and oxygen atoms in total. The fraction of sp³-hybridized carbons (Fsp3) is 0.785. The van der Waals surface area contributed by atoms with Gasteiger partial charge in [-0.2, -0.15) is 0 Å². The van der Waals surface area contributed by atoms with E-state index < -0.39 is 26.6 Å². The van der Waals surface area contributed by atoms with Crippen LogP contribution in [0.3, 0.4) is 0 Å². The third-order valence-electron chi connectivity index (χ3n) is 13.7. The third-order valence-corrected chi connectivity index (χ3v) is 14.6. The van der Waals surface area contributed by atoms with Crippen LogP contribution in [0, 0.1) is 0 Å². The molecule has 0 saturated heterocycles. The summed E-state index contributed by atoms with van der Waals surface area (Å²) in [5.41, 5.74) is 0. The summed E-state index contributed by atoms with van der Waals surface area (Å²) in [6.45, 7) is 6.73. The van der Waals surface area contributed by atoms with E-state index in [0.29, 0.717) is 23.9 Å². The van der Waals surface area contributed by atoms with Crippen LogP contribution in [-0.4, -0.2) is 69.4 Å². The second-order valence-electron chi connectivity index (χ2n) is 22.2. The number of phosphoric ester groups is 1. The van der Waals surface area contributed by atoms with Gasteiger partial charge in [-0.25, -0.2) is 0 Å². The Kier molecular flexibility index (Phi) is 52.9. The number of nitrogens with zero attached hydrogens (tertiary/aromatic N) is 1. The van der Waals surface area contributed by atoms with Gasteiger partial charge in [-0.3, -0.25) is 14.2 Å². The van der Waals surface area contributed by atoms with Crippen molar-refractivity contribution in [3.05, 3.63) is 72.9 Å². The summed E-state index contributed by atoms with van der Waals surface area (Å²) >= 11 is 0. The van der Waals surface area contributed by atoms with E-state index in [2.05, 4.69) is 86.8 Å². The Hall–Kier alpha value is -2.55. The third kappa shape index (κ3) is 56.0. The smallest absolute Gasteiger partial charge is 0.306 e. The maximum absolute atomic E-state index is 13.5. The minimum atomic E-state index is -4.71. The second kappa shape index (κ2) is 54.8. The standard InChI is InChI=1S/C65H119N2O7P/c1-7-10-13-16-19-22-25-28-30-31-32-33-34-35-37-39-42-45-48-51-54-57-64(68)66-62(61-73-75(70,71)72-60-59-67(4,5)6)63(56-53-50-47-44-41-38-27-24-21-18-15-12-9-3)74-65(69)58-55-52-49-46-43-40-36-29-26-23-20-17-14-11-8-2/h10,13,19,22,28,30,32-33,35,37,53,56,62-63H,7-9,11-12,14-18,20-21,23-27,29,31,34,36,38-52,54-55,57-61H2,1-6H3,(H-,66,68,70,71)/b13-10-,22-19-,30-28-,33-32-,37-35-,56-53-. The molecule has 0 aliphatic carbocycles. The summed E-state index contributed by atoms with van der Waals surface area (Å²) in [4.78, 5) is 40.0. The maximum atomic E-state index is 13.5. The Morgan fingerprint density at radius 2 is 0.853 bits per heavy atom. The highest BCUT2D eigenvalue weighted by Gasteiger charge is 2.27. The first kappa shape index (κ1) is 72.5. The number of likely N-dealkylation sites (N-methyl/N-ethyl adjacent to an activating group) is 1. The number of quaternary nitrogens is 1. The molecule has 0 bridgehead atoms. The number of phosphoric acid groups is 1. The first-order valence-electron chi connectivity index (χ1n) is 31.2. The highest BCUT2D eigenvalue weighted by molar-refractivity contribution is 7.45. The molecule has 0 aromatic rings. The van der Waals surface area contributed by atoms with Crippen molar-refractivity contribution in [3.63, 3.8) is 0 Å². The largest absolute Gasteiger partial charge is 0.756 e. The molecule has 0 fully saturated rings. The number of ether oxygens (including phenoxy) is 1. The van der Waals surface area contributed by atoms with Crippen LogP contribution in [0.25, 0.3) is 0 Å². The molecule has 0 aromatic heterocycles. The van der Waals surface area contributed by atoms with Gasteiger partial charge in [0.1, 0.15) is 19.3 Å². The predicted octanol–water partition coefficient (Wildman–Crippen LogP) is 18.6. The van der Waals surface area contributed by atoms with E-state index in [-0.39, 0.29) is 24.9 Å². The van der Waals surface area contributed by atoms with E-state index in [9.17, 15) is 19.0 Å². The molecule has 3 unspecified atom stereocenters. The lowest BCUT2D eigenvalue weighted by atomic mass is 10.0. The number of carbonyl (C=O) groups is 2. The molecule has 0 radical (unpaired) electrons. The van der Waals surface area contributed by atoms with Crippen LogP contribution in [0.15, 0.2) is 72.9 Å². The average molecular weight is 1070 g/mol. The first-order valence-corrected chi connectivity index (χ1v) is 32.7. The maximum Gasteiger partial charge on any atom is 0.306 e. The first-order chi connectivity index (χ1) is 36.4. The van der Waals surface area contributed by atoms with Crippen molar-refractivity contribution in [3.8, 4) is 0 Å². The molecular weight excluding hydrogens is 952 g/mol. The van der Waals surface area contributed by atoms with E-state index in [1.54, 1.807) is 0 Å². The van der Waals surface area contributed by atoms with E-state index in [4.69, 9.17) is 13.8 Å².